The standard InChI is InChI=1S/C15H18N2O3S/c1-9-4-2-3-5-11(9)16-15(20)17-12(14(18)19)8-21-13(17)10-6-7-10/h2-5,10,12-13H,6-8H2,1H3,(H,16,20)(H,18,19). The van der Waals surface area contributed by atoms with Crippen molar-refractivity contribution in [3.8, 4) is 0 Å². The molecule has 1 aromatic carbocycles. The smallest absolute Gasteiger partial charge is 0.327 e. The van der Waals surface area contributed by atoms with Crippen molar-refractivity contribution in [2.24, 2.45) is 5.92 Å². The Bertz CT molecular complexity index is 574. The number of benzene rings is 1. The van der Waals surface area contributed by atoms with Crippen LogP contribution in [0, 0.1) is 12.8 Å². The van der Waals surface area contributed by atoms with Crippen molar-refractivity contribution in [1.82, 2.24) is 4.90 Å². The average Bonchev–Trinajstić information content (AvgIpc) is 3.19. The molecule has 2 unspecified atom stereocenters. The molecule has 3 rings (SSSR count). The monoisotopic (exact) mass is 306 g/mol. The summed E-state index contributed by atoms with van der Waals surface area (Å²) in [6.45, 7) is 1.92. The summed E-state index contributed by atoms with van der Waals surface area (Å²) in [5.41, 5.74) is 1.70. The van der Waals surface area contributed by atoms with Gasteiger partial charge in [-0.25, -0.2) is 9.59 Å². The van der Waals surface area contributed by atoms with Crippen molar-refractivity contribution in [1.29, 1.82) is 0 Å². The molecule has 2 amide bonds. The number of carboxylic acid groups (broad SMARTS) is 1. The zero-order valence-corrected chi connectivity index (χ0v) is 12.6. The molecule has 5 nitrogen and oxygen atoms in total. The van der Waals surface area contributed by atoms with E-state index in [2.05, 4.69) is 5.32 Å². The third kappa shape index (κ3) is 2.85. The van der Waals surface area contributed by atoms with Crippen molar-refractivity contribution < 1.29 is 14.7 Å². The number of hydrogen-bond donors (Lipinski definition) is 2. The van der Waals surface area contributed by atoms with Crippen LogP contribution in [0.25, 0.3) is 0 Å². The zero-order chi connectivity index (χ0) is 15.0. The van der Waals surface area contributed by atoms with E-state index in [4.69, 9.17) is 0 Å². The van der Waals surface area contributed by atoms with E-state index in [1.807, 2.05) is 31.2 Å². The number of urea groups is 1. The van der Waals surface area contributed by atoms with E-state index in [0.717, 1.165) is 24.1 Å². The minimum absolute atomic E-state index is 0.00452. The molecule has 1 aliphatic carbocycles. The Kier molecular flexibility index (Phi) is 3.80. The van der Waals surface area contributed by atoms with Crippen LogP contribution in [0.1, 0.15) is 18.4 Å². The third-order valence-electron chi connectivity index (χ3n) is 3.97. The number of nitrogens with zero attached hydrogens (tertiary/aromatic N) is 1. The van der Waals surface area contributed by atoms with Crippen molar-refractivity contribution in [3.63, 3.8) is 0 Å². The second-order valence-corrected chi connectivity index (χ2v) is 6.72. The van der Waals surface area contributed by atoms with Gasteiger partial charge in [0.15, 0.2) is 0 Å². The van der Waals surface area contributed by atoms with E-state index in [0.29, 0.717) is 11.7 Å². The van der Waals surface area contributed by atoms with E-state index in [-0.39, 0.29) is 11.4 Å². The highest BCUT2D eigenvalue weighted by Crippen LogP contribution is 2.45. The lowest BCUT2D eigenvalue weighted by molar-refractivity contribution is -0.141. The van der Waals surface area contributed by atoms with Gasteiger partial charge < -0.3 is 10.4 Å². The van der Waals surface area contributed by atoms with Gasteiger partial charge in [0, 0.05) is 11.4 Å². The molecule has 1 aliphatic heterocycles. The summed E-state index contributed by atoms with van der Waals surface area (Å²) < 4.78 is 0. The summed E-state index contributed by atoms with van der Waals surface area (Å²) in [5.74, 6) is -0.00918. The molecule has 0 radical (unpaired) electrons. The minimum Gasteiger partial charge on any atom is -0.480 e. The number of para-hydroxylation sites is 1. The second-order valence-electron chi connectivity index (χ2n) is 5.57. The largest absolute Gasteiger partial charge is 0.480 e. The Morgan fingerprint density at radius 3 is 2.67 bits per heavy atom. The number of amides is 2. The maximum atomic E-state index is 12.6. The third-order valence-corrected chi connectivity index (χ3v) is 5.43. The average molecular weight is 306 g/mol. The molecule has 2 atom stereocenters. The Hall–Kier alpha value is -1.69. The van der Waals surface area contributed by atoms with Crippen LogP contribution < -0.4 is 5.32 Å². The molecule has 112 valence electrons. The van der Waals surface area contributed by atoms with Crippen LogP contribution >= 0.6 is 11.8 Å². The molecule has 0 spiro atoms. The molecule has 1 saturated heterocycles. The SMILES string of the molecule is Cc1ccccc1NC(=O)N1C(C(=O)O)CSC1C1CC1. The first-order chi connectivity index (χ1) is 10.1. The Labute approximate surface area is 127 Å². The Balaban J connectivity index is 1.79. The Morgan fingerprint density at radius 2 is 2.05 bits per heavy atom. The number of aryl methyl sites for hydroxylation is 1. The fraction of sp³-hybridized carbons (Fsp3) is 0.467. The van der Waals surface area contributed by atoms with Gasteiger partial charge in [0.2, 0.25) is 0 Å². The van der Waals surface area contributed by atoms with Crippen LogP contribution in [0.15, 0.2) is 24.3 Å². The Morgan fingerprint density at radius 1 is 1.33 bits per heavy atom. The van der Waals surface area contributed by atoms with Gasteiger partial charge in [-0.2, -0.15) is 0 Å². The summed E-state index contributed by atoms with van der Waals surface area (Å²) >= 11 is 1.58. The van der Waals surface area contributed by atoms with E-state index < -0.39 is 12.0 Å². The first-order valence-electron chi connectivity index (χ1n) is 7.07. The first kappa shape index (κ1) is 14.3. The molecule has 21 heavy (non-hydrogen) atoms. The van der Waals surface area contributed by atoms with E-state index in [9.17, 15) is 14.7 Å². The van der Waals surface area contributed by atoms with Crippen molar-refractivity contribution in [2.75, 3.05) is 11.1 Å². The van der Waals surface area contributed by atoms with E-state index in [1.165, 1.54) is 4.90 Å². The summed E-state index contributed by atoms with van der Waals surface area (Å²) in [4.78, 5) is 25.5. The lowest BCUT2D eigenvalue weighted by Gasteiger charge is -2.27. The fourth-order valence-corrected chi connectivity index (χ4v) is 4.24. The van der Waals surface area contributed by atoms with Crippen LogP contribution in [-0.4, -0.2) is 39.2 Å². The molecule has 1 saturated carbocycles. The molecule has 0 bridgehead atoms. The second kappa shape index (κ2) is 5.60. The summed E-state index contributed by atoms with van der Waals surface area (Å²) in [6.07, 6.45) is 2.16. The predicted octanol–water partition coefficient (Wildman–Crippen LogP) is 2.77. The maximum Gasteiger partial charge on any atom is 0.327 e. The van der Waals surface area contributed by atoms with Crippen LogP contribution in [0.4, 0.5) is 10.5 Å². The van der Waals surface area contributed by atoms with Crippen LogP contribution in [-0.2, 0) is 4.79 Å². The van der Waals surface area contributed by atoms with Gasteiger partial charge in [-0.1, -0.05) is 18.2 Å². The predicted molar refractivity (Wildman–Crippen MR) is 82.4 cm³/mol. The van der Waals surface area contributed by atoms with Crippen molar-refractivity contribution >= 4 is 29.4 Å². The number of carbonyl (C=O) groups is 2. The number of rotatable bonds is 3. The van der Waals surface area contributed by atoms with Gasteiger partial charge >= 0.3 is 12.0 Å². The number of thioether (sulfide) groups is 1. The molecule has 6 heteroatoms. The number of aliphatic carboxylic acids is 1. The topological polar surface area (TPSA) is 69.6 Å². The number of carbonyl (C=O) groups excluding carboxylic acids is 1. The van der Waals surface area contributed by atoms with Crippen LogP contribution in [0.3, 0.4) is 0 Å². The number of carboxylic acids is 1. The summed E-state index contributed by atoms with van der Waals surface area (Å²) in [6, 6.07) is 6.47. The molecular weight excluding hydrogens is 288 g/mol. The zero-order valence-electron chi connectivity index (χ0n) is 11.8. The quantitative estimate of drug-likeness (QED) is 0.901. The number of hydrogen-bond acceptors (Lipinski definition) is 3. The van der Waals surface area contributed by atoms with Crippen molar-refractivity contribution in [3.05, 3.63) is 29.8 Å². The number of nitrogens with one attached hydrogen (secondary N) is 1. The van der Waals surface area contributed by atoms with Gasteiger partial charge in [-0.15, -0.1) is 11.8 Å². The molecule has 2 fully saturated rings. The molecule has 0 aromatic heterocycles. The first-order valence-corrected chi connectivity index (χ1v) is 8.12. The van der Waals surface area contributed by atoms with Gasteiger partial charge in [0.1, 0.15) is 6.04 Å². The summed E-state index contributed by atoms with van der Waals surface area (Å²) in [7, 11) is 0. The maximum absolute atomic E-state index is 12.6. The van der Waals surface area contributed by atoms with Gasteiger partial charge in [0.25, 0.3) is 0 Å². The van der Waals surface area contributed by atoms with Crippen molar-refractivity contribution in [2.45, 2.75) is 31.2 Å². The van der Waals surface area contributed by atoms with E-state index in [1.54, 1.807) is 11.8 Å². The lowest BCUT2D eigenvalue weighted by atomic mass is 10.2. The number of anilines is 1. The molecule has 2 N–H and O–H groups in total. The normalized spacial score (nSPS) is 24.9. The van der Waals surface area contributed by atoms with Crippen LogP contribution in [0.2, 0.25) is 0 Å². The molecule has 1 heterocycles. The summed E-state index contributed by atoms with van der Waals surface area (Å²) in [5, 5.41) is 12.2. The molecule has 1 aromatic rings. The van der Waals surface area contributed by atoms with Gasteiger partial charge in [-0.3, -0.25) is 4.90 Å². The fourth-order valence-electron chi connectivity index (χ4n) is 2.61. The minimum atomic E-state index is -0.925. The van der Waals surface area contributed by atoms with E-state index >= 15 is 0 Å². The van der Waals surface area contributed by atoms with Gasteiger partial charge in [-0.05, 0) is 37.3 Å². The molecule has 2 aliphatic rings. The highest BCUT2D eigenvalue weighted by atomic mass is 32.2. The van der Waals surface area contributed by atoms with Crippen LogP contribution in [0.5, 0.6) is 0 Å². The lowest BCUT2D eigenvalue weighted by Crippen LogP contribution is -2.48. The molecular formula is C15H18N2O3S. The highest BCUT2D eigenvalue weighted by molar-refractivity contribution is 8.00. The van der Waals surface area contributed by atoms with Gasteiger partial charge in [0.05, 0.1) is 5.37 Å². The highest BCUT2D eigenvalue weighted by Gasteiger charge is 2.48.